The van der Waals surface area contributed by atoms with Crippen LogP contribution in [0.4, 0.5) is 4.79 Å². The fourth-order valence-corrected chi connectivity index (χ4v) is 3.89. The van der Waals surface area contributed by atoms with Gasteiger partial charge in [-0.3, -0.25) is 14.5 Å². The number of carbonyl (C=O) groups excluding carboxylic acids is 4. The van der Waals surface area contributed by atoms with E-state index in [0.717, 1.165) is 10.5 Å². The second kappa shape index (κ2) is 9.44. The molecular weight excluding hydrogens is 408 g/mol. The van der Waals surface area contributed by atoms with Crippen molar-refractivity contribution in [2.45, 2.75) is 37.3 Å². The quantitative estimate of drug-likeness (QED) is 0.476. The van der Waals surface area contributed by atoms with Crippen LogP contribution in [-0.2, 0) is 39.9 Å². The Morgan fingerprint density at radius 3 is 2.32 bits per heavy atom. The zero-order chi connectivity index (χ0) is 22.6. The Kier molecular flexibility index (Phi) is 6.91. The molecule has 3 rings (SSSR count). The molecule has 0 bridgehead atoms. The van der Waals surface area contributed by atoms with Crippen molar-refractivity contribution in [3.63, 3.8) is 0 Å². The first-order valence-corrected chi connectivity index (χ1v) is 9.81. The number of benzene rings is 1. The summed E-state index contributed by atoms with van der Waals surface area (Å²) in [5.74, 6) is -2.65. The van der Waals surface area contributed by atoms with Crippen molar-refractivity contribution in [3.05, 3.63) is 35.9 Å². The van der Waals surface area contributed by atoms with Crippen LogP contribution in [-0.4, -0.2) is 85.8 Å². The van der Waals surface area contributed by atoms with Gasteiger partial charge >= 0.3 is 12.1 Å². The van der Waals surface area contributed by atoms with Crippen molar-refractivity contribution >= 4 is 23.8 Å². The number of ether oxygens (including phenoxy) is 4. The fourth-order valence-electron chi connectivity index (χ4n) is 3.89. The van der Waals surface area contributed by atoms with Crippen LogP contribution in [0, 0.1) is 0 Å². The van der Waals surface area contributed by atoms with Crippen molar-refractivity contribution in [2.75, 3.05) is 34.4 Å². The lowest BCUT2D eigenvalue weighted by molar-refractivity contribution is -0.197. The monoisotopic (exact) mass is 434 g/mol. The third kappa shape index (κ3) is 4.70. The Balaban J connectivity index is 1.76. The van der Waals surface area contributed by atoms with E-state index in [0.29, 0.717) is 0 Å². The zero-order valence-corrected chi connectivity index (χ0v) is 17.7. The van der Waals surface area contributed by atoms with Crippen molar-refractivity contribution < 1.29 is 38.1 Å². The molecule has 168 valence electrons. The van der Waals surface area contributed by atoms with E-state index in [9.17, 15) is 19.2 Å². The molecule has 10 heteroatoms. The van der Waals surface area contributed by atoms with Crippen LogP contribution in [0.1, 0.15) is 18.4 Å². The number of amides is 2. The Morgan fingerprint density at radius 2 is 1.71 bits per heavy atom. The van der Waals surface area contributed by atoms with Crippen molar-refractivity contribution in [1.29, 1.82) is 0 Å². The Morgan fingerprint density at radius 1 is 1.03 bits per heavy atom. The molecule has 2 heterocycles. The highest BCUT2D eigenvalue weighted by Gasteiger charge is 2.53. The van der Waals surface area contributed by atoms with Crippen molar-refractivity contribution in [1.82, 2.24) is 9.80 Å². The third-order valence-electron chi connectivity index (χ3n) is 5.66. The van der Waals surface area contributed by atoms with E-state index in [4.69, 9.17) is 18.9 Å². The molecule has 1 aromatic carbocycles. The normalized spacial score (nSPS) is 22.5. The van der Waals surface area contributed by atoms with E-state index in [1.807, 2.05) is 18.2 Å². The van der Waals surface area contributed by atoms with Gasteiger partial charge in [0.1, 0.15) is 18.7 Å². The number of esters is 1. The standard InChI is InChI=1S/C21H26N2O8/c1-28-19(26)17-10-21(29-2,30-3)13-23(17)18(25)16-9-15(24)11-22(16)20(27)31-12-14-7-5-4-6-8-14/h4-8,16-17H,9-13H2,1-3H3/t16-,17-/m0/s1. The molecule has 2 atom stereocenters. The molecule has 2 saturated heterocycles. The van der Waals surface area contributed by atoms with E-state index >= 15 is 0 Å². The third-order valence-corrected chi connectivity index (χ3v) is 5.66. The number of hydrogen-bond donors (Lipinski definition) is 0. The second-order valence-corrected chi connectivity index (χ2v) is 7.45. The first-order chi connectivity index (χ1) is 14.8. The average Bonchev–Trinajstić information content (AvgIpc) is 3.39. The van der Waals surface area contributed by atoms with Gasteiger partial charge in [-0.15, -0.1) is 0 Å². The predicted molar refractivity (Wildman–Crippen MR) is 106 cm³/mol. The Hall–Kier alpha value is -2.98. The van der Waals surface area contributed by atoms with Crippen molar-refractivity contribution in [3.8, 4) is 0 Å². The molecule has 2 fully saturated rings. The molecule has 0 spiro atoms. The predicted octanol–water partition coefficient (Wildman–Crippen LogP) is 0.730. The van der Waals surface area contributed by atoms with Gasteiger partial charge in [0.25, 0.3) is 0 Å². The summed E-state index contributed by atoms with van der Waals surface area (Å²) in [5.41, 5.74) is 0.777. The second-order valence-electron chi connectivity index (χ2n) is 7.45. The van der Waals surface area contributed by atoms with Crippen LogP contribution in [0.2, 0.25) is 0 Å². The van der Waals surface area contributed by atoms with Crippen LogP contribution in [0.3, 0.4) is 0 Å². The van der Waals surface area contributed by atoms with Crippen LogP contribution in [0.5, 0.6) is 0 Å². The van der Waals surface area contributed by atoms with E-state index < -0.39 is 35.8 Å². The molecule has 2 aliphatic rings. The van der Waals surface area contributed by atoms with Gasteiger partial charge in [-0.2, -0.15) is 0 Å². The number of rotatable bonds is 6. The molecular formula is C21H26N2O8. The number of ketones is 1. The maximum atomic E-state index is 13.3. The van der Waals surface area contributed by atoms with Gasteiger partial charge in [0.05, 0.1) is 20.2 Å². The van der Waals surface area contributed by atoms with Gasteiger partial charge in [0, 0.05) is 27.1 Å². The number of methoxy groups -OCH3 is 3. The minimum Gasteiger partial charge on any atom is -0.467 e. The molecule has 2 amide bonds. The Labute approximate surface area is 180 Å². The fraction of sp³-hybridized carbons (Fsp3) is 0.524. The molecule has 2 aliphatic heterocycles. The average molecular weight is 434 g/mol. The first-order valence-electron chi connectivity index (χ1n) is 9.81. The van der Waals surface area contributed by atoms with Crippen LogP contribution in [0.25, 0.3) is 0 Å². The van der Waals surface area contributed by atoms with Crippen LogP contribution >= 0.6 is 0 Å². The van der Waals surface area contributed by atoms with Gasteiger partial charge in [0.15, 0.2) is 11.6 Å². The number of nitrogens with zero attached hydrogens (tertiary/aromatic N) is 2. The summed E-state index contributed by atoms with van der Waals surface area (Å²) in [7, 11) is 4.05. The minimum atomic E-state index is -1.18. The van der Waals surface area contributed by atoms with E-state index in [1.54, 1.807) is 12.1 Å². The molecule has 10 nitrogen and oxygen atoms in total. The Bertz CT molecular complexity index is 839. The van der Waals surface area contributed by atoms with E-state index in [1.165, 1.54) is 26.2 Å². The molecule has 0 aliphatic carbocycles. The molecule has 0 saturated carbocycles. The summed E-state index contributed by atoms with van der Waals surface area (Å²) in [5, 5.41) is 0. The maximum Gasteiger partial charge on any atom is 0.411 e. The summed E-state index contributed by atoms with van der Waals surface area (Å²) in [4.78, 5) is 52.7. The van der Waals surface area contributed by atoms with E-state index in [2.05, 4.69) is 0 Å². The van der Waals surface area contributed by atoms with Gasteiger partial charge in [0.2, 0.25) is 5.91 Å². The van der Waals surface area contributed by atoms with Gasteiger partial charge in [-0.05, 0) is 5.56 Å². The smallest absolute Gasteiger partial charge is 0.411 e. The van der Waals surface area contributed by atoms with Crippen molar-refractivity contribution in [2.24, 2.45) is 0 Å². The summed E-state index contributed by atoms with van der Waals surface area (Å²) < 4.78 is 20.9. The summed E-state index contributed by atoms with van der Waals surface area (Å²) >= 11 is 0. The number of Topliss-reactive ketones (excluding diaryl/α,β-unsaturated/α-hetero) is 1. The largest absolute Gasteiger partial charge is 0.467 e. The molecule has 0 radical (unpaired) electrons. The van der Waals surface area contributed by atoms with Gasteiger partial charge < -0.3 is 23.8 Å². The molecule has 1 aromatic rings. The van der Waals surface area contributed by atoms with E-state index in [-0.39, 0.29) is 38.3 Å². The molecule has 0 aromatic heterocycles. The SMILES string of the molecule is COC(=O)[C@@H]1CC(OC)(OC)CN1C(=O)[C@@H]1CC(=O)CN1C(=O)OCc1ccccc1. The topological polar surface area (TPSA) is 112 Å². The number of hydrogen-bond acceptors (Lipinski definition) is 8. The minimum absolute atomic E-state index is 0.0102. The first kappa shape index (κ1) is 22.7. The van der Waals surface area contributed by atoms with Gasteiger partial charge in [-0.25, -0.2) is 9.59 Å². The summed E-state index contributed by atoms with van der Waals surface area (Å²) in [6.07, 6.45) is -0.861. The highest BCUT2D eigenvalue weighted by Crippen LogP contribution is 2.33. The van der Waals surface area contributed by atoms with Crippen LogP contribution < -0.4 is 0 Å². The lowest BCUT2D eigenvalue weighted by Crippen LogP contribution is -2.51. The summed E-state index contributed by atoms with van der Waals surface area (Å²) in [6, 6.07) is 7.02. The summed E-state index contributed by atoms with van der Waals surface area (Å²) in [6.45, 7) is -0.271. The molecule has 0 unspecified atom stereocenters. The highest BCUT2D eigenvalue weighted by molar-refractivity contribution is 5.99. The lowest BCUT2D eigenvalue weighted by Gasteiger charge is -2.30. The number of likely N-dealkylation sites (tertiary alicyclic amines) is 2. The molecule has 0 N–H and O–H groups in total. The maximum absolute atomic E-state index is 13.3. The zero-order valence-electron chi connectivity index (χ0n) is 17.7. The van der Waals surface area contributed by atoms with Crippen LogP contribution in [0.15, 0.2) is 30.3 Å². The molecule has 31 heavy (non-hydrogen) atoms. The number of carbonyl (C=O) groups is 4. The highest BCUT2D eigenvalue weighted by atomic mass is 16.7. The van der Waals surface area contributed by atoms with Gasteiger partial charge in [-0.1, -0.05) is 30.3 Å². The lowest BCUT2D eigenvalue weighted by atomic mass is 10.1.